The van der Waals surface area contributed by atoms with Gasteiger partial charge in [-0.15, -0.1) is 5.10 Å². The van der Waals surface area contributed by atoms with Crippen LogP contribution in [0.3, 0.4) is 0 Å². The Hall–Kier alpha value is -2.60. The Morgan fingerprint density at radius 3 is 2.64 bits per heavy atom. The van der Waals surface area contributed by atoms with Gasteiger partial charge in [-0.05, 0) is 44.7 Å². The summed E-state index contributed by atoms with van der Waals surface area (Å²) in [5.41, 5.74) is 9.96. The second-order valence-electron chi connectivity index (χ2n) is 6.79. The van der Waals surface area contributed by atoms with E-state index in [9.17, 15) is 0 Å². The molecule has 0 atom stereocenters. The summed E-state index contributed by atoms with van der Waals surface area (Å²) in [5, 5.41) is 11.8. The molecule has 0 unspecified atom stereocenters. The van der Waals surface area contributed by atoms with Crippen molar-refractivity contribution in [3.05, 3.63) is 48.3 Å². The van der Waals surface area contributed by atoms with Gasteiger partial charge in [0.1, 0.15) is 0 Å². The first-order valence-corrected chi connectivity index (χ1v) is 8.89. The van der Waals surface area contributed by atoms with Gasteiger partial charge in [-0.2, -0.15) is 0 Å². The van der Waals surface area contributed by atoms with E-state index in [1.807, 2.05) is 28.9 Å². The van der Waals surface area contributed by atoms with Crippen molar-refractivity contribution in [3.8, 4) is 0 Å². The Bertz CT molecular complexity index is 849. The molecule has 0 spiro atoms. The number of nitrogens with one attached hydrogen (secondary N) is 2. The largest absolute Gasteiger partial charge is 0.366 e. The van der Waals surface area contributed by atoms with Crippen LogP contribution in [0.4, 0.5) is 17.2 Å². The Kier molecular flexibility index (Phi) is 4.28. The summed E-state index contributed by atoms with van der Waals surface area (Å²) in [5.74, 6) is 0.907. The normalized spacial score (nSPS) is 20.6. The standard InChI is InChI=1S/C19H24N6/c1-13-17(22-15-5-3-2-4-6-15)19-21-11-12-25(19)24-18(13)23-16-9-7-14(20)8-10-16/h2-6,11-12,14,16,22H,7-10,20H2,1H3,(H,23,24). The molecule has 1 aliphatic carbocycles. The highest BCUT2D eigenvalue weighted by molar-refractivity contribution is 5.80. The number of hydrogen-bond donors (Lipinski definition) is 3. The minimum absolute atomic E-state index is 0.346. The molecule has 4 rings (SSSR count). The van der Waals surface area contributed by atoms with Crippen LogP contribution < -0.4 is 16.4 Å². The van der Waals surface area contributed by atoms with Crippen LogP contribution in [0.2, 0.25) is 0 Å². The number of rotatable bonds is 4. The van der Waals surface area contributed by atoms with E-state index < -0.39 is 0 Å². The lowest BCUT2D eigenvalue weighted by Gasteiger charge is -2.28. The summed E-state index contributed by atoms with van der Waals surface area (Å²) in [7, 11) is 0. The van der Waals surface area contributed by atoms with E-state index in [1.165, 1.54) is 0 Å². The van der Waals surface area contributed by atoms with E-state index in [2.05, 4.69) is 34.7 Å². The number of benzene rings is 1. The predicted molar refractivity (Wildman–Crippen MR) is 101 cm³/mol. The fraction of sp³-hybridized carbons (Fsp3) is 0.368. The first kappa shape index (κ1) is 15.9. The molecule has 2 aromatic heterocycles. The second kappa shape index (κ2) is 6.72. The van der Waals surface area contributed by atoms with Gasteiger partial charge in [0, 0.05) is 35.7 Å². The molecule has 25 heavy (non-hydrogen) atoms. The zero-order valence-corrected chi connectivity index (χ0v) is 14.4. The van der Waals surface area contributed by atoms with E-state index >= 15 is 0 Å². The van der Waals surface area contributed by atoms with E-state index in [0.717, 1.165) is 54.1 Å². The molecule has 4 N–H and O–H groups in total. The third-order valence-corrected chi connectivity index (χ3v) is 4.94. The average molecular weight is 336 g/mol. The SMILES string of the molecule is Cc1c(NC2CCC(N)CC2)nn2ccnc2c1Nc1ccccc1. The molecule has 0 saturated heterocycles. The Morgan fingerprint density at radius 2 is 1.88 bits per heavy atom. The number of imidazole rings is 1. The number of aromatic nitrogens is 3. The van der Waals surface area contributed by atoms with Crippen molar-refractivity contribution >= 4 is 22.8 Å². The molecule has 2 heterocycles. The molecule has 0 aliphatic heterocycles. The summed E-state index contributed by atoms with van der Waals surface area (Å²) in [6, 6.07) is 10.9. The van der Waals surface area contributed by atoms with Crippen molar-refractivity contribution in [2.75, 3.05) is 10.6 Å². The molecule has 3 aromatic rings. The molecule has 0 bridgehead atoms. The van der Waals surface area contributed by atoms with Crippen LogP contribution in [-0.2, 0) is 0 Å². The molecule has 130 valence electrons. The maximum Gasteiger partial charge on any atom is 0.177 e. The average Bonchev–Trinajstić information content (AvgIpc) is 3.09. The molecule has 1 saturated carbocycles. The van der Waals surface area contributed by atoms with Crippen molar-refractivity contribution in [2.24, 2.45) is 5.73 Å². The predicted octanol–water partition coefficient (Wildman–Crippen LogP) is 3.46. The van der Waals surface area contributed by atoms with E-state index in [4.69, 9.17) is 10.8 Å². The summed E-state index contributed by atoms with van der Waals surface area (Å²) >= 11 is 0. The molecule has 6 nitrogen and oxygen atoms in total. The summed E-state index contributed by atoms with van der Waals surface area (Å²) in [6.45, 7) is 2.09. The van der Waals surface area contributed by atoms with Crippen LogP contribution in [0.25, 0.3) is 5.65 Å². The van der Waals surface area contributed by atoms with Crippen molar-refractivity contribution in [1.29, 1.82) is 0 Å². The van der Waals surface area contributed by atoms with Crippen LogP contribution in [0.1, 0.15) is 31.2 Å². The Morgan fingerprint density at radius 1 is 1.12 bits per heavy atom. The maximum absolute atomic E-state index is 6.03. The zero-order chi connectivity index (χ0) is 17.2. The lowest BCUT2D eigenvalue weighted by molar-refractivity contribution is 0.410. The molecule has 6 heteroatoms. The lowest BCUT2D eigenvalue weighted by Crippen LogP contribution is -2.33. The quantitative estimate of drug-likeness (QED) is 0.680. The third kappa shape index (κ3) is 3.30. The van der Waals surface area contributed by atoms with E-state index in [1.54, 1.807) is 6.20 Å². The topological polar surface area (TPSA) is 80.3 Å². The molecule has 1 aromatic carbocycles. The number of nitrogens with zero attached hydrogens (tertiary/aromatic N) is 3. The number of fused-ring (bicyclic) bond motifs is 1. The Labute approximate surface area is 147 Å². The third-order valence-electron chi connectivity index (χ3n) is 4.94. The maximum atomic E-state index is 6.03. The molecular weight excluding hydrogens is 312 g/mol. The lowest BCUT2D eigenvalue weighted by atomic mass is 9.92. The summed E-state index contributed by atoms with van der Waals surface area (Å²) < 4.78 is 1.83. The smallest absolute Gasteiger partial charge is 0.177 e. The highest BCUT2D eigenvalue weighted by atomic mass is 15.3. The molecule has 0 amide bonds. The molecular formula is C19H24N6. The van der Waals surface area contributed by atoms with Crippen molar-refractivity contribution in [2.45, 2.75) is 44.7 Å². The van der Waals surface area contributed by atoms with Crippen LogP contribution in [0.15, 0.2) is 42.7 Å². The fourth-order valence-electron chi connectivity index (χ4n) is 3.43. The van der Waals surface area contributed by atoms with Crippen LogP contribution >= 0.6 is 0 Å². The minimum atomic E-state index is 0.346. The highest BCUT2D eigenvalue weighted by Crippen LogP contribution is 2.30. The van der Waals surface area contributed by atoms with Gasteiger partial charge in [0.2, 0.25) is 0 Å². The molecule has 1 aliphatic rings. The van der Waals surface area contributed by atoms with Crippen molar-refractivity contribution < 1.29 is 0 Å². The molecule has 0 radical (unpaired) electrons. The second-order valence-corrected chi connectivity index (χ2v) is 6.79. The highest BCUT2D eigenvalue weighted by Gasteiger charge is 2.21. The van der Waals surface area contributed by atoms with E-state index in [-0.39, 0.29) is 0 Å². The minimum Gasteiger partial charge on any atom is -0.366 e. The number of hydrogen-bond acceptors (Lipinski definition) is 5. The first-order valence-electron chi connectivity index (χ1n) is 8.89. The van der Waals surface area contributed by atoms with E-state index in [0.29, 0.717) is 12.1 Å². The molecule has 1 fully saturated rings. The van der Waals surface area contributed by atoms with Crippen LogP contribution in [0.5, 0.6) is 0 Å². The van der Waals surface area contributed by atoms with Gasteiger partial charge < -0.3 is 16.4 Å². The fourth-order valence-corrected chi connectivity index (χ4v) is 3.43. The summed E-state index contributed by atoms with van der Waals surface area (Å²) in [4.78, 5) is 4.47. The van der Waals surface area contributed by atoms with Gasteiger partial charge in [0.25, 0.3) is 0 Å². The van der Waals surface area contributed by atoms with Crippen molar-refractivity contribution in [3.63, 3.8) is 0 Å². The van der Waals surface area contributed by atoms with Gasteiger partial charge in [-0.25, -0.2) is 9.50 Å². The zero-order valence-electron chi connectivity index (χ0n) is 14.4. The Balaban J connectivity index is 1.67. The number of anilines is 3. The van der Waals surface area contributed by atoms with Crippen LogP contribution in [0, 0.1) is 6.92 Å². The first-order chi connectivity index (χ1) is 12.2. The number of nitrogens with two attached hydrogens (primary N) is 1. The van der Waals surface area contributed by atoms with Gasteiger partial charge in [-0.3, -0.25) is 0 Å². The van der Waals surface area contributed by atoms with Crippen molar-refractivity contribution in [1.82, 2.24) is 14.6 Å². The number of para-hydroxylation sites is 1. The van der Waals surface area contributed by atoms with Gasteiger partial charge in [-0.1, -0.05) is 18.2 Å². The monoisotopic (exact) mass is 336 g/mol. The van der Waals surface area contributed by atoms with Gasteiger partial charge in [0.15, 0.2) is 11.5 Å². The van der Waals surface area contributed by atoms with Gasteiger partial charge >= 0.3 is 0 Å². The van der Waals surface area contributed by atoms with Crippen LogP contribution in [-0.4, -0.2) is 26.7 Å². The van der Waals surface area contributed by atoms with Gasteiger partial charge in [0.05, 0.1) is 5.69 Å². The summed E-state index contributed by atoms with van der Waals surface area (Å²) in [6.07, 6.45) is 7.98.